The normalized spacial score (nSPS) is 12.6. The van der Waals surface area contributed by atoms with Crippen LogP contribution in [0.3, 0.4) is 0 Å². The highest BCUT2D eigenvalue weighted by atomic mass is 16.5. The first-order valence-corrected chi connectivity index (χ1v) is 9.39. The molecule has 3 aromatic carbocycles. The zero-order chi connectivity index (χ0) is 20.8. The van der Waals surface area contributed by atoms with E-state index in [9.17, 15) is 9.59 Å². The number of rotatable bonds is 7. The Kier molecular flexibility index (Phi) is 6.29. The van der Waals surface area contributed by atoms with E-state index in [2.05, 4.69) is 0 Å². The Morgan fingerprint density at radius 1 is 0.862 bits per heavy atom. The lowest BCUT2D eigenvalue weighted by atomic mass is 9.98. The molecule has 0 aromatic heterocycles. The minimum Gasteiger partial charge on any atom is -0.497 e. The molecule has 5 heteroatoms. The van der Waals surface area contributed by atoms with Gasteiger partial charge in [0.2, 0.25) is 5.91 Å². The topological polar surface area (TPSA) is 72.6 Å². The maximum Gasteiger partial charge on any atom is 0.255 e. The highest BCUT2D eigenvalue weighted by molar-refractivity contribution is 5.98. The first kappa shape index (κ1) is 20.1. The molecular weight excluding hydrogens is 364 g/mol. The van der Waals surface area contributed by atoms with Crippen molar-refractivity contribution < 1.29 is 14.3 Å². The molecule has 0 aliphatic heterocycles. The molecule has 0 saturated heterocycles. The fraction of sp³-hybridized carbons (Fsp3) is 0.167. The van der Waals surface area contributed by atoms with Crippen molar-refractivity contribution in [2.75, 3.05) is 7.11 Å². The number of carbonyl (C=O) groups excluding carboxylic acids is 2. The Morgan fingerprint density at radius 3 is 2.03 bits per heavy atom. The van der Waals surface area contributed by atoms with Crippen molar-refractivity contribution in [3.8, 4) is 5.75 Å². The van der Waals surface area contributed by atoms with Gasteiger partial charge in [-0.2, -0.15) is 0 Å². The molecule has 0 aliphatic carbocycles. The molecule has 148 valence electrons. The molecule has 29 heavy (non-hydrogen) atoms. The van der Waals surface area contributed by atoms with Gasteiger partial charge < -0.3 is 15.4 Å². The average Bonchev–Trinajstić information content (AvgIpc) is 2.77. The van der Waals surface area contributed by atoms with Crippen LogP contribution in [-0.4, -0.2) is 23.8 Å². The van der Waals surface area contributed by atoms with Crippen LogP contribution in [0, 0.1) is 0 Å². The molecule has 0 saturated carbocycles. The smallest absolute Gasteiger partial charge is 0.255 e. The summed E-state index contributed by atoms with van der Waals surface area (Å²) in [7, 11) is 1.59. The lowest BCUT2D eigenvalue weighted by Crippen LogP contribution is -2.43. The molecule has 5 nitrogen and oxygen atoms in total. The van der Waals surface area contributed by atoms with Crippen molar-refractivity contribution in [2.45, 2.75) is 19.0 Å². The fourth-order valence-electron chi connectivity index (χ4n) is 3.41. The summed E-state index contributed by atoms with van der Waals surface area (Å²) in [6.45, 7) is 1.88. The minimum absolute atomic E-state index is 0.270. The van der Waals surface area contributed by atoms with Gasteiger partial charge in [-0.15, -0.1) is 0 Å². The predicted octanol–water partition coefficient (Wildman–Crippen LogP) is 4.13. The highest BCUT2D eigenvalue weighted by Gasteiger charge is 2.34. The van der Waals surface area contributed by atoms with Crippen LogP contribution in [0.25, 0.3) is 0 Å². The number of benzene rings is 3. The van der Waals surface area contributed by atoms with Gasteiger partial charge in [0, 0.05) is 5.56 Å². The SMILES string of the molecule is COc1cccc([C@@H](C)N(C(=O)c2ccccc2)[C@H](C(N)=O)c2ccccc2)c1. The van der Waals surface area contributed by atoms with Crippen molar-refractivity contribution in [1.29, 1.82) is 0 Å². The maximum absolute atomic E-state index is 13.5. The Balaban J connectivity index is 2.12. The Morgan fingerprint density at radius 2 is 1.45 bits per heavy atom. The molecule has 0 aliphatic rings. The largest absolute Gasteiger partial charge is 0.497 e. The number of nitrogens with two attached hydrogens (primary N) is 1. The molecular formula is C24H24N2O3. The Labute approximate surface area is 170 Å². The Hall–Kier alpha value is -3.60. The number of ether oxygens (including phenoxy) is 1. The second-order valence-corrected chi connectivity index (χ2v) is 6.75. The van der Waals surface area contributed by atoms with Gasteiger partial charge in [-0.05, 0) is 42.3 Å². The molecule has 0 bridgehead atoms. The molecule has 0 heterocycles. The molecule has 0 spiro atoms. The van der Waals surface area contributed by atoms with E-state index < -0.39 is 18.0 Å². The summed E-state index contributed by atoms with van der Waals surface area (Å²) in [4.78, 5) is 27.6. The second-order valence-electron chi connectivity index (χ2n) is 6.75. The maximum atomic E-state index is 13.5. The summed E-state index contributed by atoms with van der Waals surface area (Å²) in [5, 5.41) is 0. The monoisotopic (exact) mass is 388 g/mol. The molecule has 0 unspecified atom stereocenters. The number of nitrogens with zero attached hydrogens (tertiary/aromatic N) is 1. The lowest BCUT2D eigenvalue weighted by molar-refractivity contribution is -0.123. The van der Waals surface area contributed by atoms with Gasteiger partial charge in [-0.1, -0.05) is 60.7 Å². The summed E-state index contributed by atoms with van der Waals surface area (Å²) >= 11 is 0. The van der Waals surface area contributed by atoms with E-state index in [1.54, 1.807) is 48.4 Å². The summed E-state index contributed by atoms with van der Waals surface area (Å²) in [5.74, 6) is -0.180. The van der Waals surface area contributed by atoms with Gasteiger partial charge in [0.15, 0.2) is 0 Å². The number of hydrogen-bond acceptors (Lipinski definition) is 3. The third-order valence-electron chi connectivity index (χ3n) is 4.91. The van der Waals surface area contributed by atoms with Crippen LogP contribution in [0.15, 0.2) is 84.9 Å². The van der Waals surface area contributed by atoms with Gasteiger partial charge in [0.25, 0.3) is 5.91 Å². The van der Waals surface area contributed by atoms with Gasteiger partial charge in [-0.3, -0.25) is 9.59 Å². The van der Waals surface area contributed by atoms with Crippen LogP contribution in [0.1, 0.15) is 40.5 Å². The molecule has 3 rings (SSSR count). The van der Waals surface area contributed by atoms with Crippen LogP contribution >= 0.6 is 0 Å². The average molecular weight is 388 g/mol. The van der Waals surface area contributed by atoms with E-state index in [-0.39, 0.29) is 5.91 Å². The first-order valence-electron chi connectivity index (χ1n) is 9.39. The zero-order valence-electron chi connectivity index (χ0n) is 16.5. The van der Waals surface area contributed by atoms with Crippen LogP contribution in [0.4, 0.5) is 0 Å². The first-order chi connectivity index (χ1) is 14.0. The van der Waals surface area contributed by atoms with Gasteiger partial charge in [-0.25, -0.2) is 0 Å². The number of carbonyl (C=O) groups is 2. The molecule has 0 fully saturated rings. The van der Waals surface area contributed by atoms with Crippen molar-refractivity contribution >= 4 is 11.8 Å². The van der Waals surface area contributed by atoms with Crippen LogP contribution in [-0.2, 0) is 4.79 Å². The van der Waals surface area contributed by atoms with Crippen molar-refractivity contribution in [3.63, 3.8) is 0 Å². The van der Waals surface area contributed by atoms with Crippen LogP contribution < -0.4 is 10.5 Å². The van der Waals surface area contributed by atoms with Crippen molar-refractivity contribution in [1.82, 2.24) is 4.90 Å². The number of methoxy groups -OCH3 is 1. The zero-order valence-corrected chi connectivity index (χ0v) is 16.5. The fourth-order valence-corrected chi connectivity index (χ4v) is 3.41. The summed E-state index contributed by atoms with van der Waals surface area (Å²) in [6.07, 6.45) is 0. The Bertz CT molecular complexity index is 974. The summed E-state index contributed by atoms with van der Waals surface area (Å²) in [6, 6.07) is 24.1. The third kappa shape index (κ3) is 4.46. The minimum atomic E-state index is -0.912. The standard InChI is InChI=1S/C24H24N2O3/c1-17(20-14-9-15-21(16-20)29-2)26(24(28)19-12-7-4-8-13-19)22(23(25)27)18-10-5-3-6-11-18/h3-17,22H,1-2H3,(H2,25,27)/t17-,22+/m1/s1. The highest BCUT2D eigenvalue weighted by Crippen LogP contribution is 2.33. The third-order valence-corrected chi connectivity index (χ3v) is 4.91. The van der Waals surface area contributed by atoms with E-state index in [1.807, 2.05) is 55.5 Å². The van der Waals surface area contributed by atoms with E-state index in [1.165, 1.54) is 0 Å². The van der Waals surface area contributed by atoms with Crippen molar-refractivity contribution in [2.24, 2.45) is 5.73 Å². The van der Waals surface area contributed by atoms with Crippen LogP contribution in [0.2, 0.25) is 0 Å². The lowest BCUT2D eigenvalue weighted by Gasteiger charge is -2.35. The van der Waals surface area contributed by atoms with E-state index >= 15 is 0 Å². The summed E-state index contributed by atoms with van der Waals surface area (Å²) < 4.78 is 5.33. The molecule has 2 atom stereocenters. The van der Waals surface area contributed by atoms with Crippen LogP contribution in [0.5, 0.6) is 5.75 Å². The van der Waals surface area contributed by atoms with E-state index in [0.29, 0.717) is 16.9 Å². The summed E-state index contributed by atoms with van der Waals surface area (Å²) in [5.41, 5.74) is 7.80. The van der Waals surface area contributed by atoms with Gasteiger partial charge in [0.05, 0.1) is 13.2 Å². The molecule has 2 N–H and O–H groups in total. The number of amides is 2. The van der Waals surface area contributed by atoms with E-state index in [4.69, 9.17) is 10.5 Å². The number of hydrogen-bond donors (Lipinski definition) is 1. The quantitative estimate of drug-likeness (QED) is 0.662. The van der Waals surface area contributed by atoms with Gasteiger partial charge in [0.1, 0.15) is 11.8 Å². The van der Waals surface area contributed by atoms with Crippen molar-refractivity contribution in [3.05, 3.63) is 102 Å². The number of primary amides is 1. The van der Waals surface area contributed by atoms with Gasteiger partial charge >= 0.3 is 0 Å². The second kappa shape index (κ2) is 9.06. The molecule has 2 amide bonds. The molecule has 3 aromatic rings. The molecule has 0 radical (unpaired) electrons. The van der Waals surface area contributed by atoms with E-state index in [0.717, 1.165) is 5.56 Å². The predicted molar refractivity (Wildman–Crippen MR) is 112 cm³/mol.